The number of hydrogen-bond donors (Lipinski definition) is 3. The van der Waals surface area contributed by atoms with E-state index in [1.54, 1.807) is 47.4 Å². The summed E-state index contributed by atoms with van der Waals surface area (Å²) in [6.07, 6.45) is 4.56. The number of primary amides is 1. The van der Waals surface area contributed by atoms with E-state index in [9.17, 15) is 14.4 Å². The first-order valence-corrected chi connectivity index (χ1v) is 13.5. The smallest absolute Gasteiger partial charge is 0.407 e. The van der Waals surface area contributed by atoms with Gasteiger partial charge in [0.05, 0.1) is 16.7 Å². The molecule has 41 heavy (non-hydrogen) atoms. The van der Waals surface area contributed by atoms with Gasteiger partial charge in [-0.15, -0.1) is 0 Å². The molecule has 1 unspecified atom stereocenters. The van der Waals surface area contributed by atoms with Crippen LogP contribution in [0.1, 0.15) is 58.3 Å². The molecule has 1 aliphatic heterocycles. The fourth-order valence-electron chi connectivity index (χ4n) is 5.50. The average molecular weight is 559 g/mol. The van der Waals surface area contributed by atoms with Gasteiger partial charge in [0, 0.05) is 37.5 Å². The summed E-state index contributed by atoms with van der Waals surface area (Å²) in [5.41, 5.74) is 8.55. The van der Waals surface area contributed by atoms with Crippen molar-refractivity contribution in [1.82, 2.24) is 29.6 Å². The number of pyridine rings is 1. The van der Waals surface area contributed by atoms with Crippen LogP contribution in [0.15, 0.2) is 42.7 Å². The Balaban J connectivity index is 1.22. The number of benzene rings is 1. The molecule has 0 bridgehead atoms. The molecule has 13 heteroatoms. The van der Waals surface area contributed by atoms with Gasteiger partial charge in [-0.3, -0.25) is 29.1 Å². The highest BCUT2D eigenvalue weighted by Crippen LogP contribution is 2.57. The number of aryl methyl sites for hydroxylation is 2. The van der Waals surface area contributed by atoms with Gasteiger partial charge in [0.15, 0.2) is 0 Å². The Kier molecular flexibility index (Phi) is 6.56. The molecule has 1 fully saturated rings. The second kappa shape index (κ2) is 10.2. The van der Waals surface area contributed by atoms with Gasteiger partial charge in [-0.05, 0) is 62.6 Å². The number of nitrogens with two attached hydrogens (primary N) is 1. The maximum atomic E-state index is 13.4. The standard InChI is InChI=1S/C28H30N8O5/c1-3-35-20(11-16(2)34-35)25(38)33-26-32-19-12-18(24(29)37)13-21-23(19)36(26)28(14-22(28)41-21)7-4-8-31-27(39)40-15-17-5-9-30-10-6-17/h5-6,9-13,22H,3-4,7-8,14-15H2,1-2H3,(H2,29,37)(H,31,39)(H,32,33,38)/t22?,28-/m1/s1. The molecule has 2 atom stereocenters. The van der Waals surface area contributed by atoms with Crippen molar-refractivity contribution in [2.24, 2.45) is 5.73 Å². The third-order valence-electron chi connectivity index (χ3n) is 7.53. The Hall–Kier alpha value is -4.94. The van der Waals surface area contributed by atoms with Gasteiger partial charge in [0.2, 0.25) is 11.9 Å². The van der Waals surface area contributed by atoms with Crippen LogP contribution in [0.4, 0.5) is 10.7 Å². The summed E-state index contributed by atoms with van der Waals surface area (Å²) in [4.78, 5) is 46.2. The Bertz CT molecular complexity index is 1660. The summed E-state index contributed by atoms with van der Waals surface area (Å²) in [7, 11) is 0. The molecule has 212 valence electrons. The molecule has 0 spiro atoms. The Morgan fingerprint density at radius 2 is 2.02 bits per heavy atom. The summed E-state index contributed by atoms with van der Waals surface area (Å²) < 4.78 is 15.2. The number of hydrogen-bond acceptors (Lipinski definition) is 8. The number of anilines is 1. The van der Waals surface area contributed by atoms with Crippen LogP contribution in [0.2, 0.25) is 0 Å². The fraction of sp³-hybridized carbons (Fsp3) is 0.357. The lowest BCUT2D eigenvalue weighted by molar-refractivity contribution is 0.0995. The molecule has 13 nitrogen and oxygen atoms in total. The van der Waals surface area contributed by atoms with Gasteiger partial charge < -0.3 is 20.5 Å². The zero-order chi connectivity index (χ0) is 28.7. The lowest BCUT2D eigenvalue weighted by Gasteiger charge is -2.27. The number of carbonyl (C=O) groups is 3. The van der Waals surface area contributed by atoms with E-state index in [1.165, 1.54) is 0 Å². The van der Waals surface area contributed by atoms with Gasteiger partial charge in [-0.1, -0.05) is 0 Å². The molecule has 1 saturated carbocycles. The number of amides is 3. The molecule has 3 amide bonds. The van der Waals surface area contributed by atoms with Crippen LogP contribution in [0.3, 0.4) is 0 Å². The van der Waals surface area contributed by atoms with Gasteiger partial charge in [-0.25, -0.2) is 9.78 Å². The average Bonchev–Trinajstić information content (AvgIpc) is 3.33. The van der Waals surface area contributed by atoms with Crippen molar-refractivity contribution < 1.29 is 23.9 Å². The molecule has 1 aliphatic carbocycles. The van der Waals surface area contributed by atoms with Crippen LogP contribution >= 0.6 is 0 Å². The van der Waals surface area contributed by atoms with E-state index in [0.717, 1.165) is 11.3 Å². The van der Waals surface area contributed by atoms with Crippen LogP contribution in [0, 0.1) is 6.92 Å². The fourth-order valence-corrected chi connectivity index (χ4v) is 5.50. The van der Waals surface area contributed by atoms with Crippen LogP contribution in [0.5, 0.6) is 5.75 Å². The topological polar surface area (TPSA) is 168 Å². The van der Waals surface area contributed by atoms with Crippen molar-refractivity contribution >= 4 is 34.9 Å². The second-order valence-electron chi connectivity index (χ2n) is 10.3. The molecule has 1 aromatic carbocycles. The number of nitrogens with zero attached hydrogens (tertiary/aromatic N) is 5. The maximum absolute atomic E-state index is 13.4. The van der Waals surface area contributed by atoms with Gasteiger partial charge in [0.1, 0.15) is 29.7 Å². The van der Waals surface area contributed by atoms with Crippen molar-refractivity contribution in [1.29, 1.82) is 0 Å². The van der Waals surface area contributed by atoms with E-state index in [1.807, 2.05) is 18.4 Å². The first-order chi connectivity index (χ1) is 19.8. The minimum Gasteiger partial charge on any atom is -0.486 e. The van der Waals surface area contributed by atoms with Crippen LogP contribution in [0.25, 0.3) is 11.0 Å². The van der Waals surface area contributed by atoms with Gasteiger partial charge in [0.25, 0.3) is 5.91 Å². The van der Waals surface area contributed by atoms with Crippen molar-refractivity contribution in [2.45, 2.75) is 57.9 Å². The molecular weight excluding hydrogens is 528 g/mol. The van der Waals surface area contributed by atoms with Crippen LogP contribution in [-0.2, 0) is 23.4 Å². The lowest BCUT2D eigenvalue weighted by Crippen LogP contribution is -2.32. The number of aromatic nitrogens is 5. The largest absolute Gasteiger partial charge is 0.486 e. The predicted molar refractivity (Wildman–Crippen MR) is 148 cm³/mol. The minimum atomic E-state index is -0.594. The van der Waals surface area contributed by atoms with Gasteiger partial charge >= 0.3 is 6.09 Å². The molecule has 6 rings (SSSR count). The summed E-state index contributed by atoms with van der Waals surface area (Å²) in [5, 5.41) is 10.1. The maximum Gasteiger partial charge on any atom is 0.407 e. The Morgan fingerprint density at radius 1 is 1.22 bits per heavy atom. The van der Waals surface area contributed by atoms with E-state index < -0.39 is 17.5 Å². The minimum absolute atomic E-state index is 0.158. The Labute approximate surface area is 235 Å². The van der Waals surface area contributed by atoms with E-state index in [2.05, 4.69) is 20.7 Å². The van der Waals surface area contributed by atoms with E-state index in [0.29, 0.717) is 60.8 Å². The highest BCUT2D eigenvalue weighted by atomic mass is 16.5. The molecular formula is C28H30N8O5. The number of rotatable bonds is 10. The Morgan fingerprint density at radius 3 is 2.78 bits per heavy atom. The molecule has 4 N–H and O–H groups in total. The SMILES string of the molecule is CCn1nc(C)cc1C(=O)Nc1nc2cc(C(N)=O)cc3c2n1[C@]1(CCCNC(=O)OCc2ccncc2)CC1O3. The van der Waals surface area contributed by atoms with Crippen molar-refractivity contribution in [3.8, 4) is 5.75 Å². The quantitative estimate of drug-likeness (QED) is 0.250. The molecule has 4 aromatic rings. The molecule has 4 heterocycles. The highest BCUT2D eigenvalue weighted by molar-refractivity contribution is 6.04. The van der Waals surface area contributed by atoms with E-state index in [4.69, 9.17) is 20.2 Å². The first kappa shape index (κ1) is 26.3. The summed E-state index contributed by atoms with van der Waals surface area (Å²) in [6, 6.07) is 8.52. The molecule has 3 aromatic heterocycles. The third kappa shape index (κ3) is 4.83. The second-order valence-corrected chi connectivity index (χ2v) is 10.3. The molecule has 0 radical (unpaired) electrons. The number of nitrogens with one attached hydrogen (secondary N) is 2. The van der Waals surface area contributed by atoms with Crippen molar-refractivity contribution in [2.75, 3.05) is 11.9 Å². The number of ether oxygens (including phenoxy) is 2. The predicted octanol–water partition coefficient (Wildman–Crippen LogP) is 2.87. The number of carbonyl (C=O) groups excluding carboxylic acids is 3. The normalized spacial score (nSPS) is 18.3. The molecule has 2 aliphatic rings. The van der Waals surface area contributed by atoms with Crippen molar-refractivity contribution in [3.05, 3.63) is 65.2 Å². The zero-order valence-electron chi connectivity index (χ0n) is 22.7. The number of fused-ring (bicyclic) bond motifs is 2. The third-order valence-corrected chi connectivity index (χ3v) is 7.53. The van der Waals surface area contributed by atoms with Crippen LogP contribution in [-0.4, -0.2) is 54.9 Å². The van der Waals surface area contributed by atoms with Crippen molar-refractivity contribution in [3.63, 3.8) is 0 Å². The van der Waals surface area contributed by atoms with E-state index in [-0.39, 0.29) is 24.2 Å². The van der Waals surface area contributed by atoms with Crippen LogP contribution < -0.4 is 21.1 Å². The summed E-state index contributed by atoms with van der Waals surface area (Å²) in [6.45, 7) is 4.84. The first-order valence-electron chi connectivity index (χ1n) is 13.5. The summed E-state index contributed by atoms with van der Waals surface area (Å²) >= 11 is 0. The lowest BCUT2D eigenvalue weighted by atomic mass is 10.1. The number of imidazole rings is 1. The van der Waals surface area contributed by atoms with E-state index >= 15 is 0 Å². The summed E-state index contributed by atoms with van der Waals surface area (Å²) in [5.74, 6) is -0.0866. The number of alkyl carbamates (subject to hydrolysis) is 1. The zero-order valence-corrected chi connectivity index (χ0v) is 22.7. The molecule has 0 saturated heterocycles. The highest BCUT2D eigenvalue weighted by Gasteiger charge is 2.61. The van der Waals surface area contributed by atoms with Gasteiger partial charge in [-0.2, -0.15) is 5.10 Å². The monoisotopic (exact) mass is 558 g/mol.